The molecule has 1 unspecified atom stereocenters. The zero-order valence-electron chi connectivity index (χ0n) is 21.8. The number of rotatable bonds is 10. The quantitative estimate of drug-likeness (QED) is 0.195. The third kappa shape index (κ3) is 5.58. The number of carbonyl (C=O) groups excluding carboxylic acids is 1. The van der Waals surface area contributed by atoms with Crippen LogP contribution >= 0.6 is 7.75 Å². The molecule has 1 aliphatic rings. The van der Waals surface area contributed by atoms with Gasteiger partial charge in [0.15, 0.2) is 11.5 Å². The number of nitrogens with one attached hydrogen (secondary N) is 1. The van der Waals surface area contributed by atoms with Gasteiger partial charge in [-0.15, -0.1) is 0 Å². The average Bonchev–Trinajstić information content (AvgIpc) is 3.39. The van der Waals surface area contributed by atoms with Crippen LogP contribution in [-0.2, 0) is 18.6 Å². The van der Waals surface area contributed by atoms with Gasteiger partial charge >= 0.3 is 13.7 Å². The van der Waals surface area contributed by atoms with E-state index in [4.69, 9.17) is 19.5 Å². The Balaban J connectivity index is 1.56. The smallest absolute Gasteiger partial charge is 0.459 e. The number of aliphatic hydroxyl groups is 1. The topological polar surface area (TPSA) is 164 Å². The Hall–Kier alpha value is -3.31. The maximum absolute atomic E-state index is 13.9. The lowest BCUT2D eigenvalue weighted by Gasteiger charge is -2.32. The van der Waals surface area contributed by atoms with Crippen LogP contribution in [0.15, 0.2) is 55.1 Å². The number of nitrogens with two attached hydrogens (primary N) is 1. The first-order valence-corrected chi connectivity index (χ1v) is 13.8. The summed E-state index contributed by atoms with van der Waals surface area (Å²) in [6.45, 7) is 10.7. The van der Waals surface area contributed by atoms with Crippen molar-refractivity contribution in [1.82, 2.24) is 24.6 Å². The fourth-order valence-corrected chi connectivity index (χ4v) is 5.93. The molecular formula is C25H33N6O6P. The Morgan fingerprint density at radius 3 is 2.68 bits per heavy atom. The molecule has 0 amide bonds. The van der Waals surface area contributed by atoms with Gasteiger partial charge in [-0.1, -0.05) is 31.7 Å². The van der Waals surface area contributed by atoms with Gasteiger partial charge in [-0.2, -0.15) is 5.09 Å². The van der Waals surface area contributed by atoms with Crippen molar-refractivity contribution in [3.05, 3.63) is 55.1 Å². The molecule has 4 N–H and O–H groups in total. The van der Waals surface area contributed by atoms with Crippen molar-refractivity contribution < 1.29 is 28.3 Å². The molecule has 1 aliphatic carbocycles. The number of para-hydroxylation sites is 1. The summed E-state index contributed by atoms with van der Waals surface area (Å²) in [5, 5.41) is 13.8. The van der Waals surface area contributed by atoms with Gasteiger partial charge in [-0.05, 0) is 44.9 Å². The average molecular weight is 545 g/mol. The molecule has 1 aromatic carbocycles. The maximum atomic E-state index is 13.9. The Kier molecular flexibility index (Phi) is 7.89. The fraction of sp³-hybridized carbons (Fsp3) is 0.440. The molecule has 4 rings (SSSR count). The number of anilines is 1. The number of esters is 1. The molecule has 0 aliphatic heterocycles. The minimum absolute atomic E-state index is 0.212. The number of nitrogen functional groups attached to an aromatic ring is 1. The van der Waals surface area contributed by atoms with Gasteiger partial charge in [0.05, 0.1) is 31.2 Å². The van der Waals surface area contributed by atoms with Gasteiger partial charge in [0.2, 0.25) is 0 Å². The zero-order chi connectivity index (χ0) is 27.7. The van der Waals surface area contributed by atoms with Gasteiger partial charge in [-0.25, -0.2) is 19.5 Å². The van der Waals surface area contributed by atoms with Crippen molar-refractivity contribution in [2.45, 2.75) is 58.4 Å². The number of fused-ring (bicyclic) bond motifs is 1. The first kappa shape index (κ1) is 27.7. The number of hydrogen-bond acceptors (Lipinski definition) is 10. The molecule has 0 spiro atoms. The van der Waals surface area contributed by atoms with E-state index in [2.05, 4.69) is 26.6 Å². The lowest BCUT2D eigenvalue weighted by atomic mass is 9.84. The van der Waals surface area contributed by atoms with Gasteiger partial charge < -0.3 is 24.7 Å². The van der Waals surface area contributed by atoms with Gasteiger partial charge in [0, 0.05) is 5.41 Å². The third-order valence-electron chi connectivity index (χ3n) is 6.60. The zero-order valence-corrected chi connectivity index (χ0v) is 22.7. The summed E-state index contributed by atoms with van der Waals surface area (Å²) in [6, 6.07) is 7.09. The Labute approximate surface area is 220 Å². The lowest BCUT2D eigenvalue weighted by molar-refractivity contribution is -0.149. The normalized spacial score (nSPS) is 23.9. The van der Waals surface area contributed by atoms with E-state index in [1.165, 1.54) is 13.3 Å². The summed E-state index contributed by atoms with van der Waals surface area (Å²) in [5.74, 6) is -0.0757. The lowest BCUT2D eigenvalue weighted by Crippen LogP contribution is -2.38. The van der Waals surface area contributed by atoms with Crippen LogP contribution in [0.3, 0.4) is 0 Å². The van der Waals surface area contributed by atoms with E-state index in [1.54, 1.807) is 62.0 Å². The molecule has 2 aromatic heterocycles. The molecule has 1 saturated carbocycles. The third-order valence-corrected chi connectivity index (χ3v) is 8.22. The van der Waals surface area contributed by atoms with Crippen LogP contribution < -0.4 is 15.3 Å². The van der Waals surface area contributed by atoms with Crippen LogP contribution in [0.5, 0.6) is 5.75 Å². The highest BCUT2D eigenvalue weighted by Crippen LogP contribution is 2.53. The van der Waals surface area contributed by atoms with Gasteiger partial charge in [0.1, 0.15) is 23.6 Å². The molecule has 13 heteroatoms. The Bertz CT molecular complexity index is 1360. The number of hydrogen-bond donors (Lipinski definition) is 3. The highest BCUT2D eigenvalue weighted by Gasteiger charge is 2.49. The molecule has 12 nitrogen and oxygen atoms in total. The summed E-state index contributed by atoms with van der Waals surface area (Å²) >= 11 is 0. The van der Waals surface area contributed by atoms with Crippen molar-refractivity contribution in [2.24, 2.45) is 5.41 Å². The van der Waals surface area contributed by atoms with Crippen LogP contribution in [0.4, 0.5) is 5.82 Å². The first-order valence-electron chi connectivity index (χ1n) is 12.2. The molecule has 0 saturated heterocycles. The van der Waals surface area contributed by atoms with Crippen LogP contribution in [0.2, 0.25) is 0 Å². The molecule has 3 aromatic rings. The van der Waals surface area contributed by atoms with E-state index in [0.29, 0.717) is 23.2 Å². The van der Waals surface area contributed by atoms with Gasteiger partial charge in [0.25, 0.3) is 0 Å². The monoisotopic (exact) mass is 544 g/mol. The predicted molar refractivity (Wildman–Crippen MR) is 141 cm³/mol. The SMILES string of the molecule is C=C1[C@@H](n2cnc3c(N)ncnc32)C[C@H](O)[C@@]1(C)COP(=O)(N[C@@H](C)C(=O)OC(C)C)Oc1ccccc1. The number of imidazole rings is 1. The highest BCUT2D eigenvalue weighted by molar-refractivity contribution is 7.52. The largest absolute Gasteiger partial charge is 0.462 e. The maximum Gasteiger partial charge on any atom is 0.459 e. The molecular weight excluding hydrogens is 511 g/mol. The van der Waals surface area contributed by atoms with E-state index >= 15 is 0 Å². The molecule has 38 heavy (non-hydrogen) atoms. The molecule has 5 atom stereocenters. The minimum atomic E-state index is -4.13. The van der Waals surface area contributed by atoms with Crippen LogP contribution in [-0.4, -0.2) is 55.5 Å². The molecule has 204 valence electrons. The van der Waals surface area contributed by atoms with E-state index < -0.39 is 31.3 Å². The molecule has 1 fully saturated rings. The summed E-state index contributed by atoms with van der Waals surface area (Å²) in [6.07, 6.45) is 1.97. The van der Waals surface area contributed by atoms with E-state index in [1.807, 2.05) is 0 Å². The molecule has 2 heterocycles. The standard InChI is InChI=1S/C25H33N6O6P/c1-15(2)36-24(33)17(4)30-38(34,37-18-9-7-6-8-10-18)35-12-25(5)16(3)19(11-20(25)32)31-14-29-21-22(26)27-13-28-23(21)31/h6-10,13-15,17,19-20,32H,3,11-12H2,1-2,4-5H3,(H,30,34)(H2,26,27,28)/t17-,19-,20-,25-,38?/m0/s1. The summed E-state index contributed by atoms with van der Waals surface area (Å²) in [7, 11) is -4.13. The van der Waals surface area contributed by atoms with E-state index in [9.17, 15) is 14.5 Å². The van der Waals surface area contributed by atoms with Crippen molar-refractivity contribution in [3.63, 3.8) is 0 Å². The Morgan fingerprint density at radius 2 is 2.00 bits per heavy atom. The van der Waals surface area contributed by atoms with E-state index in [0.717, 1.165) is 0 Å². The molecule has 0 bridgehead atoms. The van der Waals surface area contributed by atoms with Crippen LogP contribution in [0.1, 0.15) is 40.2 Å². The van der Waals surface area contributed by atoms with Crippen LogP contribution in [0, 0.1) is 5.41 Å². The van der Waals surface area contributed by atoms with Gasteiger partial charge in [-0.3, -0.25) is 9.32 Å². The number of ether oxygens (including phenoxy) is 1. The second kappa shape index (κ2) is 10.8. The molecule has 0 radical (unpaired) electrons. The van der Waals surface area contributed by atoms with Crippen molar-refractivity contribution in [1.29, 1.82) is 0 Å². The first-order chi connectivity index (χ1) is 17.9. The minimum Gasteiger partial charge on any atom is -0.462 e. The number of nitrogens with zero attached hydrogens (tertiary/aromatic N) is 4. The summed E-state index contributed by atoms with van der Waals surface area (Å²) in [5.41, 5.74) is 6.50. The van der Waals surface area contributed by atoms with Crippen molar-refractivity contribution in [3.8, 4) is 5.75 Å². The summed E-state index contributed by atoms with van der Waals surface area (Å²) < 4.78 is 32.5. The number of carbonyl (C=O) groups is 1. The predicted octanol–water partition coefficient (Wildman–Crippen LogP) is 3.41. The highest BCUT2D eigenvalue weighted by atomic mass is 31.2. The second-order valence-corrected chi connectivity index (χ2v) is 11.5. The van der Waals surface area contributed by atoms with E-state index in [-0.39, 0.29) is 30.3 Å². The second-order valence-electron chi connectivity index (χ2n) is 9.80. The van der Waals surface area contributed by atoms with Crippen molar-refractivity contribution in [2.75, 3.05) is 12.3 Å². The Morgan fingerprint density at radius 1 is 1.29 bits per heavy atom. The van der Waals surface area contributed by atoms with Crippen molar-refractivity contribution >= 4 is 30.7 Å². The summed E-state index contributed by atoms with van der Waals surface area (Å²) in [4.78, 5) is 25.0. The van der Waals surface area contributed by atoms with Crippen LogP contribution in [0.25, 0.3) is 11.2 Å². The number of benzene rings is 1. The fourth-order valence-electron chi connectivity index (χ4n) is 4.33. The number of aliphatic hydroxyl groups excluding tert-OH is 1. The number of aromatic nitrogens is 4.